The molecular formula is C12H15N5O2S. The molecule has 2 aromatic heterocycles. The van der Waals surface area contributed by atoms with Gasteiger partial charge in [-0.15, -0.1) is 10.2 Å². The number of hydrogen-bond acceptors (Lipinski definition) is 6. The minimum absolute atomic E-state index is 0.0371. The number of aromatic nitrogens is 3. The molecule has 7 nitrogen and oxygen atoms in total. The zero-order valence-corrected chi connectivity index (χ0v) is 11.6. The Hall–Kier alpha value is -1.96. The first-order chi connectivity index (χ1) is 9.75. The van der Waals surface area contributed by atoms with Crippen molar-refractivity contribution in [3.8, 4) is 11.6 Å². The monoisotopic (exact) mass is 293 g/mol. The normalized spacial score (nSPS) is 19.6. The molecular weight excluding hydrogens is 278 g/mol. The first kappa shape index (κ1) is 13.0. The highest BCUT2D eigenvalue weighted by Gasteiger charge is 2.25. The average Bonchev–Trinajstić information content (AvgIpc) is 3.02. The Kier molecular flexibility index (Phi) is 3.64. The molecule has 20 heavy (non-hydrogen) atoms. The van der Waals surface area contributed by atoms with Crippen molar-refractivity contribution in [2.75, 3.05) is 12.4 Å². The van der Waals surface area contributed by atoms with E-state index in [0.717, 1.165) is 25.8 Å². The molecule has 0 aromatic carbocycles. The van der Waals surface area contributed by atoms with Gasteiger partial charge in [-0.3, -0.25) is 4.79 Å². The summed E-state index contributed by atoms with van der Waals surface area (Å²) in [6.45, 7) is 0.739. The molecule has 3 rings (SSSR count). The van der Waals surface area contributed by atoms with Crippen LogP contribution in [-0.2, 0) is 4.79 Å². The predicted molar refractivity (Wildman–Crippen MR) is 74.4 cm³/mol. The molecule has 1 saturated heterocycles. The molecule has 1 unspecified atom stereocenters. The van der Waals surface area contributed by atoms with Crippen molar-refractivity contribution in [3.05, 3.63) is 18.4 Å². The van der Waals surface area contributed by atoms with E-state index in [-0.39, 0.29) is 11.2 Å². The highest BCUT2D eigenvalue weighted by molar-refractivity contribution is 8.00. The van der Waals surface area contributed by atoms with Crippen molar-refractivity contribution in [3.63, 3.8) is 0 Å². The first-order valence-electron chi connectivity index (χ1n) is 6.44. The molecule has 3 heterocycles. The number of carbonyl (C=O) groups is 1. The van der Waals surface area contributed by atoms with Gasteiger partial charge in [-0.1, -0.05) is 18.2 Å². The number of nitrogens with zero attached hydrogens (tertiary/aromatic N) is 3. The van der Waals surface area contributed by atoms with Gasteiger partial charge in [0.2, 0.25) is 16.9 Å². The molecule has 0 bridgehead atoms. The lowest BCUT2D eigenvalue weighted by molar-refractivity contribution is -0.120. The van der Waals surface area contributed by atoms with Crippen LogP contribution in [0.2, 0.25) is 0 Å². The topological polar surface area (TPSA) is 99.0 Å². The molecule has 0 spiro atoms. The molecule has 0 aliphatic carbocycles. The van der Waals surface area contributed by atoms with Gasteiger partial charge in [0.25, 0.3) is 0 Å². The summed E-state index contributed by atoms with van der Waals surface area (Å²) in [5.41, 5.74) is 0. The van der Waals surface area contributed by atoms with Crippen LogP contribution >= 0.6 is 11.8 Å². The molecule has 1 atom stereocenters. The largest absolute Gasteiger partial charge is 0.461 e. The number of nitrogens with one attached hydrogen (secondary N) is 1. The lowest BCUT2D eigenvalue weighted by Gasteiger charge is -2.11. The van der Waals surface area contributed by atoms with E-state index in [2.05, 4.69) is 15.5 Å². The van der Waals surface area contributed by atoms with Crippen molar-refractivity contribution >= 4 is 17.7 Å². The van der Waals surface area contributed by atoms with Crippen LogP contribution in [0.1, 0.15) is 19.3 Å². The highest BCUT2D eigenvalue weighted by atomic mass is 32.2. The van der Waals surface area contributed by atoms with Crippen LogP contribution in [0.15, 0.2) is 28.0 Å². The van der Waals surface area contributed by atoms with Crippen molar-refractivity contribution < 1.29 is 9.21 Å². The lowest BCUT2D eigenvalue weighted by Crippen LogP contribution is -2.31. The Bertz CT molecular complexity index is 595. The van der Waals surface area contributed by atoms with Gasteiger partial charge in [0.05, 0.1) is 11.5 Å². The van der Waals surface area contributed by atoms with Crippen molar-refractivity contribution in [1.82, 2.24) is 20.2 Å². The summed E-state index contributed by atoms with van der Waals surface area (Å²) < 4.78 is 6.62. The molecule has 1 aliphatic heterocycles. The van der Waals surface area contributed by atoms with Crippen LogP contribution in [-0.4, -0.2) is 32.6 Å². The van der Waals surface area contributed by atoms with E-state index in [9.17, 15) is 4.79 Å². The lowest BCUT2D eigenvalue weighted by atomic mass is 10.2. The highest BCUT2D eigenvalue weighted by Crippen LogP contribution is 2.28. The van der Waals surface area contributed by atoms with Gasteiger partial charge in [-0.25, -0.2) is 4.68 Å². The summed E-state index contributed by atoms with van der Waals surface area (Å²) in [6.07, 6.45) is 4.39. The third-order valence-corrected chi connectivity index (χ3v) is 4.36. The van der Waals surface area contributed by atoms with Crippen molar-refractivity contribution in [1.29, 1.82) is 0 Å². The fourth-order valence-electron chi connectivity index (χ4n) is 2.08. The Morgan fingerprint density at radius 3 is 3.15 bits per heavy atom. The van der Waals surface area contributed by atoms with E-state index in [1.54, 1.807) is 18.4 Å². The Morgan fingerprint density at radius 2 is 2.35 bits per heavy atom. The second kappa shape index (κ2) is 5.58. The molecule has 1 amide bonds. The Labute approximate surface area is 119 Å². The summed E-state index contributed by atoms with van der Waals surface area (Å²) in [6, 6.07) is 3.52. The minimum atomic E-state index is -0.173. The number of hydrogen-bond donors (Lipinski definition) is 2. The van der Waals surface area contributed by atoms with Gasteiger partial charge < -0.3 is 15.6 Å². The molecule has 0 radical (unpaired) electrons. The second-order valence-corrected chi connectivity index (χ2v) is 5.72. The SMILES string of the molecule is Nn1c(SC2CCCCNC2=O)nnc1-c1ccco1. The standard InChI is InChI=1S/C12H15N5O2S/c13-17-10(8-4-3-7-19-8)15-16-12(17)20-9-5-1-2-6-14-11(9)18/h3-4,7,9H,1-2,5-6,13H2,(H,14,18). The van der Waals surface area contributed by atoms with E-state index in [0.29, 0.717) is 16.7 Å². The van der Waals surface area contributed by atoms with Crippen LogP contribution in [0.3, 0.4) is 0 Å². The van der Waals surface area contributed by atoms with Gasteiger partial charge in [0, 0.05) is 6.54 Å². The maximum Gasteiger partial charge on any atom is 0.233 e. The Morgan fingerprint density at radius 1 is 1.45 bits per heavy atom. The van der Waals surface area contributed by atoms with Gasteiger partial charge in [0.1, 0.15) is 0 Å². The minimum Gasteiger partial charge on any atom is -0.461 e. The van der Waals surface area contributed by atoms with E-state index >= 15 is 0 Å². The predicted octanol–water partition coefficient (Wildman–Crippen LogP) is 1.01. The number of thioether (sulfide) groups is 1. The van der Waals surface area contributed by atoms with Crippen molar-refractivity contribution in [2.45, 2.75) is 29.7 Å². The number of carbonyl (C=O) groups excluding carboxylic acids is 1. The van der Waals surface area contributed by atoms with E-state index < -0.39 is 0 Å². The summed E-state index contributed by atoms with van der Waals surface area (Å²) in [5, 5.41) is 11.3. The summed E-state index contributed by atoms with van der Waals surface area (Å²) in [4.78, 5) is 11.9. The van der Waals surface area contributed by atoms with Crippen molar-refractivity contribution in [2.24, 2.45) is 0 Å². The number of furan rings is 1. The molecule has 3 N–H and O–H groups in total. The molecule has 0 saturated carbocycles. The number of nitrogen functional groups attached to an aromatic ring is 1. The fourth-order valence-corrected chi connectivity index (χ4v) is 3.10. The molecule has 106 valence electrons. The first-order valence-corrected chi connectivity index (χ1v) is 7.32. The smallest absolute Gasteiger partial charge is 0.233 e. The van der Waals surface area contributed by atoms with Crippen LogP contribution in [0.5, 0.6) is 0 Å². The fraction of sp³-hybridized carbons (Fsp3) is 0.417. The number of nitrogens with two attached hydrogens (primary N) is 1. The zero-order valence-electron chi connectivity index (χ0n) is 10.8. The van der Waals surface area contributed by atoms with E-state index in [1.807, 2.05) is 0 Å². The van der Waals surface area contributed by atoms with Crippen LogP contribution in [0.4, 0.5) is 0 Å². The molecule has 8 heteroatoms. The van der Waals surface area contributed by atoms with Gasteiger partial charge >= 0.3 is 0 Å². The maximum absolute atomic E-state index is 11.9. The molecule has 1 fully saturated rings. The number of amides is 1. The van der Waals surface area contributed by atoms with Crippen LogP contribution in [0, 0.1) is 0 Å². The van der Waals surface area contributed by atoms with E-state index in [4.69, 9.17) is 10.3 Å². The average molecular weight is 293 g/mol. The van der Waals surface area contributed by atoms with Gasteiger partial charge in [-0.05, 0) is 25.0 Å². The van der Waals surface area contributed by atoms with Crippen LogP contribution in [0.25, 0.3) is 11.6 Å². The van der Waals surface area contributed by atoms with Gasteiger partial charge in [-0.2, -0.15) is 0 Å². The quantitative estimate of drug-likeness (QED) is 0.819. The Balaban J connectivity index is 1.79. The third kappa shape index (κ3) is 2.51. The molecule has 2 aromatic rings. The second-order valence-electron chi connectivity index (χ2n) is 4.55. The summed E-state index contributed by atoms with van der Waals surface area (Å²) in [5.74, 6) is 7.02. The van der Waals surface area contributed by atoms with Gasteiger partial charge in [0.15, 0.2) is 5.76 Å². The zero-order chi connectivity index (χ0) is 13.9. The summed E-state index contributed by atoms with van der Waals surface area (Å²) >= 11 is 1.34. The third-order valence-electron chi connectivity index (χ3n) is 3.14. The van der Waals surface area contributed by atoms with Crippen LogP contribution < -0.4 is 11.2 Å². The maximum atomic E-state index is 11.9. The number of rotatable bonds is 3. The molecule has 1 aliphatic rings. The van der Waals surface area contributed by atoms with E-state index in [1.165, 1.54) is 16.4 Å². The summed E-state index contributed by atoms with van der Waals surface area (Å²) in [7, 11) is 0.